The normalized spacial score (nSPS) is 15.3. The predicted molar refractivity (Wildman–Crippen MR) is 62.3 cm³/mol. The van der Waals surface area contributed by atoms with E-state index in [9.17, 15) is 18.0 Å². The van der Waals surface area contributed by atoms with Gasteiger partial charge in [0, 0.05) is 0 Å². The van der Waals surface area contributed by atoms with E-state index in [0.717, 1.165) is 0 Å². The highest BCUT2D eigenvalue weighted by atomic mass is 19.4. The van der Waals surface area contributed by atoms with Crippen molar-refractivity contribution in [3.05, 3.63) is 0 Å². The van der Waals surface area contributed by atoms with Gasteiger partial charge in [0.05, 0.1) is 18.7 Å². The van der Waals surface area contributed by atoms with E-state index in [1.807, 2.05) is 5.32 Å². The lowest BCUT2D eigenvalue weighted by Crippen LogP contribution is -2.50. The Morgan fingerprint density at radius 2 is 1.89 bits per heavy atom. The highest BCUT2D eigenvalue weighted by Gasteiger charge is 2.30. The summed E-state index contributed by atoms with van der Waals surface area (Å²) in [7, 11) is 0. The summed E-state index contributed by atoms with van der Waals surface area (Å²) in [6, 6.07) is -0.314. The molecule has 8 heteroatoms. The number of amides is 1. The van der Waals surface area contributed by atoms with Crippen LogP contribution < -0.4 is 10.6 Å². The van der Waals surface area contributed by atoms with Gasteiger partial charge in [-0.15, -0.1) is 0 Å². The second-order valence-corrected chi connectivity index (χ2v) is 5.04. The van der Waals surface area contributed by atoms with Crippen LogP contribution in [0, 0.1) is 11.3 Å². The number of hydrogen-bond acceptors (Lipinski definition) is 4. The second kappa shape index (κ2) is 6.61. The minimum atomic E-state index is -4.42. The molecule has 0 radical (unpaired) electrons. The number of alkyl carbamates (subject to hydrolysis) is 1. The van der Waals surface area contributed by atoms with Crippen LogP contribution >= 0.6 is 0 Å². The molecule has 2 unspecified atom stereocenters. The molecule has 0 saturated heterocycles. The minimum Gasteiger partial charge on any atom is -0.444 e. The van der Waals surface area contributed by atoms with Crippen molar-refractivity contribution >= 4 is 6.09 Å². The quantitative estimate of drug-likeness (QED) is 0.826. The molecule has 110 valence electrons. The Morgan fingerprint density at radius 3 is 2.26 bits per heavy atom. The number of alkyl halides is 3. The zero-order chi connectivity index (χ0) is 15.3. The van der Waals surface area contributed by atoms with Crippen molar-refractivity contribution in [1.29, 1.82) is 5.26 Å². The molecule has 0 bridgehead atoms. The first-order valence-electron chi connectivity index (χ1n) is 5.64. The lowest BCUT2D eigenvalue weighted by molar-refractivity contribution is -0.125. The van der Waals surface area contributed by atoms with Crippen LogP contribution in [0.2, 0.25) is 0 Å². The van der Waals surface area contributed by atoms with Crippen LogP contribution in [0.1, 0.15) is 27.7 Å². The van der Waals surface area contributed by atoms with Crippen LogP contribution in [0.15, 0.2) is 0 Å². The van der Waals surface area contributed by atoms with E-state index in [-0.39, 0.29) is 0 Å². The van der Waals surface area contributed by atoms with Crippen LogP contribution in [0.4, 0.5) is 18.0 Å². The average molecular weight is 281 g/mol. The summed E-state index contributed by atoms with van der Waals surface area (Å²) in [6.07, 6.45) is -5.20. The predicted octanol–water partition coefficient (Wildman–Crippen LogP) is 1.94. The van der Waals surface area contributed by atoms with Crippen molar-refractivity contribution in [3.8, 4) is 6.07 Å². The van der Waals surface area contributed by atoms with Gasteiger partial charge in [0.15, 0.2) is 0 Å². The summed E-state index contributed by atoms with van der Waals surface area (Å²) in [5.74, 6) is 0. The molecular weight excluding hydrogens is 263 g/mol. The number of ether oxygens (including phenoxy) is 1. The van der Waals surface area contributed by atoms with Crippen molar-refractivity contribution < 1.29 is 22.7 Å². The Labute approximate surface area is 110 Å². The Kier molecular flexibility index (Phi) is 6.09. The molecule has 0 aliphatic carbocycles. The second-order valence-electron chi connectivity index (χ2n) is 5.04. The van der Waals surface area contributed by atoms with Gasteiger partial charge in [-0.25, -0.2) is 4.79 Å². The Balaban J connectivity index is 4.34. The van der Waals surface area contributed by atoms with Crippen molar-refractivity contribution in [3.63, 3.8) is 0 Å². The highest BCUT2D eigenvalue weighted by molar-refractivity contribution is 5.68. The molecule has 0 aromatic rings. The van der Waals surface area contributed by atoms with Gasteiger partial charge in [0.2, 0.25) is 0 Å². The maximum atomic E-state index is 12.0. The molecule has 0 aliphatic rings. The fourth-order valence-electron chi connectivity index (χ4n) is 1.14. The largest absolute Gasteiger partial charge is 0.444 e. The van der Waals surface area contributed by atoms with Crippen LogP contribution in [-0.2, 0) is 4.74 Å². The van der Waals surface area contributed by atoms with E-state index >= 15 is 0 Å². The van der Waals surface area contributed by atoms with E-state index < -0.39 is 36.5 Å². The molecule has 5 nitrogen and oxygen atoms in total. The van der Waals surface area contributed by atoms with E-state index in [1.165, 1.54) is 6.92 Å². The van der Waals surface area contributed by atoms with Crippen molar-refractivity contribution in [1.82, 2.24) is 10.6 Å². The number of nitrogens with zero attached hydrogens (tertiary/aromatic N) is 1. The Bertz CT molecular complexity index is 345. The first-order valence-corrected chi connectivity index (χ1v) is 5.64. The molecule has 2 atom stereocenters. The standard InChI is InChI=1S/C11H18F3N3O2/c1-7(17-9(18)19-10(2,3)4)8(5-15)16-6-11(12,13)14/h7-8,16H,6H2,1-4H3,(H,17,18). The minimum absolute atomic E-state index is 0.717. The molecule has 19 heavy (non-hydrogen) atoms. The molecule has 0 fully saturated rings. The smallest absolute Gasteiger partial charge is 0.407 e. The lowest BCUT2D eigenvalue weighted by atomic mass is 10.1. The fraction of sp³-hybridized carbons (Fsp3) is 0.818. The fourth-order valence-corrected chi connectivity index (χ4v) is 1.14. The summed E-state index contributed by atoms with van der Waals surface area (Å²) < 4.78 is 41.0. The number of carbonyl (C=O) groups excluding carboxylic acids is 1. The van der Waals surface area contributed by atoms with Crippen molar-refractivity contribution in [2.45, 2.75) is 51.6 Å². The molecule has 1 amide bonds. The molecule has 0 rings (SSSR count). The SMILES string of the molecule is CC(NC(=O)OC(C)(C)C)C(C#N)NCC(F)(F)F. The molecule has 0 spiro atoms. The third-order valence-electron chi connectivity index (χ3n) is 1.91. The zero-order valence-electron chi connectivity index (χ0n) is 11.3. The first kappa shape index (κ1) is 17.5. The molecule has 0 aromatic heterocycles. The van der Waals surface area contributed by atoms with Crippen LogP contribution in [0.3, 0.4) is 0 Å². The van der Waals surface area contributed by atoms with E-state index in [2.05, 4.69) is 5.32 Å². The third-order valence-corrected chi connectivity index (χ3v) is 1.91. The van der Waals surface area contributed by atoms with Gasteiger partial charge in [-0.05, 0) is 27.7 Å². The number of nitrogens with one attached hydrogen (secondary N) is 2. The summed E-state index contributed by atoms with van der Waals surface area (Å²) in [6.45, 7) is 5.08. The van der Waals surface area contributed by atoms with Crippen LogP contribution in [-0.4, -0.2) is 36.5 Å². The Morgan fingerprint density at radius 1 is 1.37 bits per heavy atom. The van der Waals surface area contributed by atoms with Gasteiger partial charge in [-0.2, -0.15) is 18.4 Å². The molecule has 0 aromatic carbocycles. The van der Waals surface area contributed by atoms with Gasteiger partial charge >= 0.3 is 12.3 Å². The summed E-state index contributed by atoms with van der Waals surface area (Å²) >= 11 is 0. The molecular formula is C11H18F3N3O2. The highest BCUT2D eigenvalue weighted by Crippen LogP contribution is 2.13. The first-order chi connectivity index (χ1) is 8.44. The number of halogens is 3. The molecule has 0 aliphatic heterocycles. The van der Waals surface area contributed by atoms with E-state index in [4.69, 9.17) is 10.00 Å². The Hall–Kier alpha value is -1.49. The van der Waals surface area contributed by atoms with Gasteiger partial charge in [0.1, 0.15) is 11.6 Å². The van der Waals surface area contributed by atoms with Crippen molar-refractivity contribution in [2.24, 2.45) is 0 Å². The summed E-state index contributed by atoms with van der Waals surface area (Å²) in [5.41, 5.74) is -0.717. The number of carbonyl (C=O) groups is 1. The molecule has 0 heterocycles. The lowest BCUT2D eigenvalue weighted by Gasteiger charge is -2.24. The average Bonchev–Trinajstić information content (AvgIpc) is 2.12. The number of rotatable bonds is 4. The third kappa shape index (κ3) is 9.13. The molecule has 0 saturated carbocycles. The zero-order valence-corrected chi connectivity index (χ0v) is 11.3. The van der Waals surface area contributed by atoms with Gasteiger partial charge in [-0.1, -0.05) is 0 Å². The maximum absolute atomic E-state index is 12.0. The maximum Gasteiger partial charge on any atom is 0.407 e. The summed E-state index contributed by atoms with van der Waals surface area (Å²) in [5, 5.41) is 13.1. The van der Waals surface area contributed by atoms with Gasteiger partial charge in [0.25, 0.3) is 0 Å². The number of hydrogen-bond donors (Lipinski definition) is 2. The van der Waals surface area contributed by atoms with Crippen LogP contribution in [0.25, 0.3) is 0 Å². The topological polar surface area (TPSA) is 74.1 Å². The van der Waals surface area contributed by atoms with E-state index in [0.29, 0.717) is 0 Å². The van der Waals surface area contributed by atoms with Crippen LogP contribution in [0.5, 0.6) is 0 Å². The monoisotopic (exact) mass is 281 g/mol. The molecule has 2 N–H and O–H groups in total. The van der Waals surface area contributed by atoms with Gasteiger partial charge < -0.3 is 10.1 Å². The summed E-state index contributed by atoms with van der Waals surface area (Å²) in [4.78, 5) is 11.4. The van der Waals surface area contributed by atoms with Gasteiger partial charge in [-0.3, -0.25) is 5.32 Å². The van der Waals surface area contributed by atoms with Crippen molar-refractivity contribution in [2.75, 3.05) is 6.54 Å². The van der Waals surface area contributed by atoms with E-state index in [1.54, 1.807) is 26.8 Å². The number of nitriles is 1.